The smallest absolute Gasteiger partial charge is 0.185 e. The van der Waals surface area contributed by atoms with Crippen LogP contribution in [0.25, 0.3) is 11.3 Å². The number of rotatable bonds is 5. The summed E-state index contributed by atoms with van der Waals surface area (Å²) in [5.41, 5.74) is 1.06. The molecule has 5 nitrogen and oxygen atoms in total. The molecule has 0 bridgehead atoms. The minimum atomic E-state index is -3.56. The third-order valence-electron chi connectivity index (χ3n) is 5.29. The Bertz CT molecular complexity index is 1210. The van der Waals surface area contributed by atoms with Crippen LogP contribution in [0.1, 0.15) is 12.8 Å². The molecule has 1 fully saturated rings. The molecule has 1 saturated heterocycles. The first-order chi connectivity index (χ1) is 14.8. The van der Waals surface area contributed by atoms with Crippen molar-refractivity contribution in [1.82, 2.24) is 4.98 Å². The maximum absolute atomic E-state index is 13.5. The first-order valence-electron chi connectivity index (χ1n) is 9.53. The lowest BCUT2D eigenvalue weighted by atomic mass is 10.1. The van der Waals surface area contributed by atoms with Crippen molar-refractivity contribution in [3.05, 3.63) is 57.9 Å². The van der Waals surface area contributed by atoms with Gasteiger partial charge in [-0.3, -0.25) is 0 Å². The van der Waals surface area contributed by atoms with E-state index in [2.05, 4.69) is 20.9 Å². The predicted molar refractivity (Wildman–Crippen MR) is 121 cm³/mol. The van der Waals surface area contributed by atoms with Gasteiger partial charge in [0.25, 0.3) is 0 Å². The molecule has 1 aliphatic rings. The normalized spacial score (nSPS) is 15.3. The van der Waals surface area contributed by atoms with Crippen LogP contribution in [0.2, 0.25) is 0 Å². The summed E-state index contributed by atoms with van der Waals surface area (Å²) in [6.07, 6.45) is 0.913. The van der Waals surface area contributed by atoms with E-state index in [9.17, 15) is 17.2 Å². The van der Waals surface area contributed by atoms with Crippen molar-refractivity contribution in [3.8, 4) is 17.0 Å². The van der Waals surface area contributed by atoms with Gasteiger partial charge in [0.15, 0.2) is 26.6 Å². The molecular weight excluding hydrogens is 510 g/mol. The van der Waals surface area contributed by atoms with E-state index in [1.54, 1.807) is 23.6 Å². The molecule has 164 valence electrons. The van der Waals surface area contributed by atoms with Gasteiger partial charge in [0.1, 0.15) is 10.6 Å². The molecule has 0 unspecified atom stereocenters. The Labute approximate surface area is 191 Å². The van der Waals surface area contributed by atoms with E-state index in [0.29, 0.717) is 47.4 Å². The maximum atomic E-state index is 13.5. The molecule has 3 aromatic rings. The van der Waals surface area contributed by atoms with Gasteiger partial charge in [-0.25, -0.2) is 22.2 Å². The second kappa shape index (κ2) is 8.84. The third-order valence-corrected chi connectivity index (χ3v) is 8.97. The van der Waals surface area contributed by atoms with Crippen LogP contribution in [0.3, 0.4) is 0 Å². The molecule has 31 heavy (non-hydrogen) atoms. The Morgan fingerprint density at radius 1 is 1.13 bits per heavy atom. The Balaban J connectivity index is 1.49. The highest BCUT2D eigenvalue weighted by atomic mass is 79.9. The molecule has 1 aliphatic heterocycles. The van der Waals surface area contributed by atoms with Crippen LogP contribution < -0.4 is 9.64 Å². The van der Waals surface area contributed by atoms with Gasteiger partial charge in [-0.1, -0.05) is 15.9 Å². The molecule has 10 heteroatoms. The Hall–Kier alpha value is -2.04. The van der Waals surface area contributed by atoms with E-state index in [4.69, 9.17) is 4.74 Å². The summed E-state index contributed by atoms with van der Waals surface area (Å²) in [6, 6.07) is 8.65. The molecule has 0 radical (unpaired) electrons. The number of halogens is 3. The average Bonchev–Trinajstić information content (AvgIpc) is 3.26. The molecule has 0 saturated carbocycles. The van der Waals surface area contributed by atoms with Crippen LogP contribution in [-0.2, 0) is 9.84 Å². The van der Waals surface area contributed by atoms with Gasteiger partial charge in [-0.2, -0.15) is 0 Å². The molecule has 0 atom stereocenters. The third kappa shape index (κ3) is 4.47. The van der Waals surface area contributed by atoms with E-state index >= 15 is 0 Å². The fourth-order valence-corrected chi connectivity index (χ4v) is 6.92. The Kier molecular flexibility index (Phi) is 6.32. The molecular formula is C21H19BrF2N2O3S2. The van der Waals surface area contributed by atoms with E-state index in [0.717, 1.165) is 17.3 Å². The van der Waals surface area contributed by atoms with Crippen molar-refractivity contribution in [1.29, 1.82) is 0 Å². The zero-order valence-corrected chi connectivity index (χ0v) is 19.7. The highest BCUT2D eigenvalue weighted by Crippen LogP contribution is 2.35. The van der Waals surface area contributed by atoms with Crippen LogP contribution in [0.15, 0.2) is 51.1 Å². The van der Waals surface area contributed by atoms with E-state index in [1.807, 2.05) is 4.90 Å². The second-order valence-electron chi connectivity index (χ2n) is 7.17. The van der Waals surface area contributed by atoms with Gasteiger partial charge in [-0.05, 0) is 49.2 Å². The first kappa shape index (κ1) is 22.2. The lowest BCUT2D eigenvalue weighted by molar-refractivity contribution is 0.401. The number of methoxy groups -OCH3 is 1. The van der Waals surface area contributed by atoms with E-state index < -0.39 is 26.7 Å². The molecule has 4 rings (SSSR count). The number of hydrogen-bond acceptors (Lipinski definition) is 6. The Morgan fingerprint density at radius 2 is 1.87 bits per heavy atom. The second-order valence-corrected chi connectivity index (χ2v) is 11.1. The average molecular weight is 529 g/mol. The quantitative estimate of drug-likeness (QED) is 0.449. The lowest BCUT2D eigenvalue weighted by Gasteiger charge is -2.31. The van der Waals surface area contributed by atoms with Crippen molar-refractivity contribution in [3.63, 3.8) is 0 Å². The number of piperidine rings is 1. The van der Waals surface area contributed by atoms with E-state index in [1.165, 1.54) is 24.5 Å². The minimum Gasteiger partial charge on any atom is -0.495 e. The Morgan fingerprint density at radius 3 is 2.55 bits per heavy atom. The molecule has 0 amide bonds. The summed E-state index contributed by atoms with van der Waals surface area (Å²) < 4.78 is 59.1. The summed E-state index contributed by atoms with van der Waals surface area (Å²) >= 11 is 4.73. The number of nitrogens with zero attached hydrogens (tertiary/aromatic N) is 2. The van der Waals surface area contributed by atoms with Gasteiger partial charge in [0, 0.05) is 28.5 Å². The highest BCUT2D eigenvalue weighted by Gasteiger charge is 2.34. The van der Waals surface area contributed by atoms with Crippen LogP contribution >= 0.6 is 27.3 Å². The number of thiazole rings is 1. The molecule has 0 N–H and O–H groups in total. The van der Waals surface area contributed by atoms with Crippen LogP contribution in [0, 0.1) is 11.6 Å². The van der Waals surface area contributed by atoms with Crippen molar-refractivity contribution >= 4 is 42.2 Å². The summed E-state index contributed by atoms with van der Waals surface area (Å²) in [5.74, 6) is -1.48. The fourth-order valence-electron chi connectivity index (χ4n) is 3.61. The number of hydrogen-bond donors (Lipinski definition) is 0. The van der Waals surface area contributed by atoms with E-state index in [-0.39, 0.29) is 4.90 Å². The van der Waals surface area contributed by atoms with Gasteiger partial charge in [-0.15, -0.1) is 11.3 Å². The zero-order valence-electron chi connectivity index (χ0n) is 16.5. The molecule has 1 aromatic heterocycles. The monoisotopic (exact) mass is 528 g/mol. The SMILES string of the molecule is COc1ccc(Br)cc1S(=O)(=O)C1CCN(c2nc(-c3ccc(F)c(F)c3)cs2)CC1. The molecule has 0 spiro atoms. The number of aromatic nitrogens is 1. The first-order valence-corrected chi connectivity index (χ1v) is 12.7. The predicted octanol–water partition coefficient (Wildman–Crippen LogP) is 5.30. The lowest BCUT2D eigenvalue weighted by Crippen LogP contribution is -2.39. The zero-order chi connectivity index (χ0) is 22.2. The number of anilines is 1. The van der Waals surface area contributed by atoms with Crippen molar-refractivity contribution in [2.24, 2.45) is 0 Å². The summed E-state index contributed by atoms with van der Waals surface area (Å²) in [4.78, 5) is 6.76. The van der Waals surface area contributed by atoms with Gasteiger partial charge in [0.2, 0.25) is 0 Å². The van der Waals surface area contributed by atoms with Crippen molar-refractivity contribution in [2.45, 2.75) is 23.0 Å². The van der Waals surface area contributed by atoms with Gasteiger partial charge in [0.05, 0.1) is 18.1 Å². The number of ether oxygens (including phenoxy) is 1. The van der Waals surface area contributed by atoms with Gasteiger partial charge >= 0.3 is 0 Å². The van der Waals surface area contributed by atoms with Crippen molar-refractivity contribution in [2.75, 3.05) is 25.1 Å². The molecule has 0 aliphatic carbocycles. The standard InChI is InChI=1S/C21H19BrF2N2O3S2/c1-29-19-5-3-14(22)11-20(19)31(27,28)15-6-8-26(9-7-15)21-25-18(12-30-21)13-2-4-16(23)17(24)10-13/h2-5,10-12,15H,6-9H2,1H3. The summed E-state index contributed by atoms with van der Waals surface area (Å²) in [5, 5.41) is 2.00. The van der Waals surface area contributed by atoms with Crippen LogP contribution in [0.5, 0.6) is 5.75 Å². The molecule has 2 aromatic carbocycles. The maximum Gasteiger partial charge on any atom is 0.185 e. The minimum absolute atomic E-state index is 0.192. The number of sulfone groups is 1. The largest absolute Gasteiger partial charge is 0.495 e. The molecule has 2 heterocycles. The summed E-state index contributed by atoms with van der Waals surface area (Å²) in [7, 11) is -2.10. The van der Waals surface area contributed by atoms with Crippen LogP contribution in [-0.4, -0.2) is 38.9 Å². The topological polar surface area (TPSA) is 59.5 Å². The van der Waals surface area contributed by atoms with Gasteiger partial charge < -0.3 is 9.64 Å². The highest BCUT2D eigenvalue weighted by molar-refractivity contribution is 9.10. The summed E-state index contributed by atoms with van der Waals surface area (Å²) in [6.45, 7) is 1.07. The van der Waals surface area contributed by atoms with Crippen molar-refractivity contribution < 1.29 is 21.9 Å². The fraction of sp³-hybridized carbons (Fsp3) is 0.286. The number of benzene rings is 2. The van der Waals surface area contributed by atoms with Crippen LogP contribution in [0.4, 0.5) is 13.9 Å².